The molecule has 2 fully saturated rings. The number of phenols is 1. The number of hydrogen-bond donors (Lipinski definition) is 1. The second kappa shape index (κ2) is 1.77. The van der Waals surface area contributed by atoms with Crippen LogP contribution in [0.3, 0.4) is 0 Å². The maximum atomic E-state index is 9.18. The molecule has 3 unspecified atom stereocenters. The first-order valence-corrected chi connectivity index (χ1v) is 4.88. The van der Waals surface area contributed by atoms with Crippen molar-refractivity contribution in [2.45, 2.75) is 25.7 Å². The molecular weight excluding hydrogens is 160 g/mol. The first-order chi connectivity index (χ1) is 6.09. The molecule has 0 radical (unpaired) electrons. The molecule has 0 heterocycles. The van der Waals surface area contributed by atoms with Crippen molar-refractivity contribution in [2.75, 3.05) is 0 Å². The second-order valence-corrected chi connectivity index (χ2v) is 4.92. The minimum Gasteiger partial charge on any atom is -0.508 e. The van der Waals surface area contributed by atoms with Gasteiger partial charge < -0.3 is 5.11 Å². The largest absolute Gasteiger partial charge is 0.508 e. The lowest BCUT2D eigenvalue weighted by Gasteiger charge is -2.20. The maximum Gasteiger partial charge on any atom is 0.115 e. The smallest absolute Gasteiger partial charge is 0.115 e. The van der Waals surface area contributed by atoms with E-state index in [4.69, 9.17) is 0 Å². The number of phenolic OH excluding ortho intramolecular Hbond substituents is 1. The zero-order valence-electron chi connectivity index (χ0n) is 8.04. The number of aromatic hydroxyl groups is 1. The number of fused-ring (bicyclic) bond motifs is 1. The molecule has 0 bridgehead atoms. The van der Waals surface area contributed by atoms with Crippen LogP contribution in [0.5, 0.6) is 5.75 Å². The SMILES string of the molecule is CC12CC1C2(C)c1ccc(O)cc1. The van der Waals surface area contributed by atoms with Gasteiger partial charge in [-0.1, -0.05) is 26.0 Å². The predicted molar refractivity (Wildman–Crippen MR) is 51.7 cm³/mol. The third-order valence-electron chi connectivity index (χ3n) is 4.50. The Morgan fingerprint density at radius 1 is 1.23 bits per heavy atom. The van der Waals surface area contributed by atoms with Crippen molar-refractivity contribution >= 4 is 0 Å². The molecule has 2 aliphatic carbocycles. The Bertz CT molecular complexity index is 367. The van der Waals surface area contributed by atoms with Crippen molar-refractivity contribution < 1.29 is 5.11 Å². The Balaban J connectivity index is 1.99. The number of hydrogen-bond acceptors (Lipinski definition) is 1. The quantitative estimate of drug-likeness (QED) is 0.694. The maximum absolute atomic E-state index is 9.18. The summed E-state index contributed by atoms with van der Waals surface area (Å²) in [6, 6.07) is 7.71. The first kappa shape index (κ1) is 7.43. The van der Waals surface area contributed by atoms with Crippen molar-refractivity contribution in [3.63, 3.8) is 0 Å². The second-order valence-electron chi connectivity index (χ2n) is 4.92. The van der Waals surface area contributed by atoms with Crippen molar-refractivity contribution in [1.29, 1.82) is 0 Å². The van der Waals surface area contributed by atoms with Gasteiger partial charge in [-0.3, -0.25) is 0 Å². The molecule has 0 aromatic heterocycles. The topological polar surface area (TPSA) is 20.2 Å². The fourth-order valence-electron chi connectivity index (χ4n) is 2.98. The summed E-state index contributed by atoms with van der Waals surface area (Å²) < 4.78 is 0. The van der Waals surface area contributed by atoms with Gasteiger partial charge in [-0.15, -0.1) is 0 Å². The molecule has 1 N–H and O–H groups in total. The van der Waals surface area contributed by atoms with Gasteiger partial charge in [0.15, 0.2) is 0 Å². The Labute approximate surface area is 78.4 Å². The number of benzene rings is 1. The van der Waals surface area contributed by atoms with E-state index >= 15 is 0 Å². The van der Waals surface area contributed by atoms with Crippen LogP contribution in [0, 0.1) is 11.3 Å². The molecule has 0 aliphatic heterocycles. The van der Waals surface area contributed by atoms with Crippen LogP contribution >= 0.6 is 0 Å². The van der Waals surface area contributed by atoms with Crippen molar-refractivity contribution in [1.82, 2.24) is 0 Å². The van der Waals surface area contributed by atoms with Crippen LogP contribution in [-0.4, -0.2) is 5.11 Å². The lowest BCUT2D eigenvalue weighted by Crippen LogP contribution is -2.15. The summed E-state index contributed by atoms with van der Waals surface area (Å²) in [5.74, 6) is 1.27. The van der Waals surface area contributed by atoms with Gasteiger partial charge in [0.1, 0.15) is 5.75 Å². The monoisotopic (exact) mass is 174 g/mol. The van der Waals surface area contributed by atoms with E-state index in [0.29, 0.717) is 16.6 Å². The van der Waals surface area contributed by atoms with Crippen molar-refractivity contribution in [3.05, 3.63) is 29.8 Å². The lowest BCUT2D eigenvalue weighted by molar-refractivity contribution is 0.463. The normalized spacial score (nSPS) is 45.5. The molecule has 1 nitrogen and oxygen atoms in total. The molecule has 1 aromatic rings. The third-order valence-corrected chi connectivity index (χ3v) is 4.50. The average Bonchev–Trinajstić information content (AvgIpc) is 2.92. The molecule has 13 heavy (non-hydrogen) atoms. The van der Waals surface area contributed by atoms with E-state index in [9.17, 15) is 5.11 Å². The molecule has 0 amide bonds. The first-order valence-electron chi connectivity index (χ1n) is 4.88. The highest BCUT2D eigenvalue weighted by Crippen LogP contribution is 2.87. The van der Waals surface area contributed by atoms with E-state index in [2.05, 4.69) is 26.0 Å². The van der Waals surface area contributed by atoms with Gasteiger partial charge in [-0.25, -0.2) is 0 Å². The van der Waals surface area contributed by atoms with Gasteiger partial charge in [0, 0.05) is 5.41 Å². The lowest BCUT2D eigenvalue weighted by atomic mass is 9.83. The fourth-order valence-corrected chi connectivity index (χ4v) is 2.98. The van der Waals surface area contributed by atoms with Crippen molar-refractivity contribution in [3.8, 4) is 5.75 Å². The molecule has 0 saturated heterocycles. The van der Waals surface area contributed by atoms with Crippen LogP contribution in [0.15, 0.2) is 24.3 Å². The van der Waals surface area contributed by atoms with E-state index in [1.54, 1.807) is 12.1 Å². The highest BCUT2D eigenvalue weighted by atomic mass is 16.3. The van der Waals surface area contributed by atoms with Gasteiger partial charge in [0.25, 0.3) is 0 Å². The molecule has 1 aromatic carbocycles. The molecule has 0 spiro atoms. The highest BCUT2D eigenvalue weighted by molar-refractivity contribution is 5.48. The Morgan fingerprint density at radius 3 is 2.15 bits per heavy atom. The summed E-state index contributed by atoms with van der Waals surface area (Å²) >= 11 is 0. The summed E-state index contributed by atoms with van der Waals surface area (Å²) in [6.45, 7) is 4.71. The van der Waals surface area contributed by atoms with E-state index in [1.807, 2.05) is 0 Å². The molecule has 2 saturated carbocycles. The Kier molecular flexibility index (Phi) is 1.01. The Morgan fingerprint density at radius 2 is 1.77 bits per heavy atom. The van der Waals surface area contributed by atoms with Crippen LogP contribution in [0.4, 0.5) is 0 Å². The van der Waals surface area contributed by atoms with Gasteiger partial charge in [-0.05, 0) is 35.4 Å². The molecule has 1 heteroatoms. The predicted octanol–water partition coefficient (Wildman–Crippen LogP) is 2.69. The third kappa shape index (κ3) is 0.654. The van der Waals surface area contributed by atoms with Crippen molar-refractivity contribution in [2.24, 2.45) is 11.3 Å². The average molecular weight is 174 g/mol. The van der Waals surface area contributed by atoms with E-state index in [-0.39, 0.29) is 0 Å². The Hall–Kier alpha value is -0.980. The molecule has 2 aliphatic rings. The minimum atomic E-state index is 0.367. The van der Waals surface area contributed by atoms with Gasteiger partial charge in [0.05, 0.1) is 0 Å². The van der Waals surface area contributed by atoms with Gasteiger partial charge >= 0.3 is 0 Å². The van der Waals surface area contributed by atoms with Crippen LogP contribution < -0.4 is 0 Å². The summed E-state index contributed by atoms with van der Waals surface area (Å²) in [5, 5.41) is 9.18. The molecular formula is C12H14O. The van der Waals surface area contributed by atoms with Crippen LogP contribution in [0.25, 0.3) is 0 Å². The molecule has 68 valence electrons. The van der Waals surface area contributed by atoms with E-state index in [0.717, 1.165) is 5.92 Å². The van der Waals surface area contributed by atoms with E-state index < -0.39 is 0 Å². The summed E-state index contributed by atoms with van der Waals surface area (Å²) in [5.41, 5.74) is 2.40. The summed E-state index contributed by atoms with van der Waals surface area (Å²) in [4.78, 5) is 0. The fraction of sp³-hybridized carbons (Fsp3) is 0.500. The zero-order valence-corrected chi connectivity index (χ0v) is 8.04. The van der Waals surface area contributed by atoms with E-state index in [1.165, 1.54) is 12.0 Å². The highest BCUT2D eigenvalue weighted by Gasteiger charge is 2.83. The molecule has 3 atom stereocenters. The summed E-state index contributed by atoms with van der Waals surface area (Å²) in [6.07, 6.45) is 1.39. The standard InChI is InChI=1S/C12H14O/c1-11-7-10(11)12(11,2)8-3-5-9(13)6-4-8/h3-6,10,13H,7H2,1-2H3. The van der Waals surface area contributed by atoms with Gasteiger partial charge in [0.2, 0.25) is 0 Å². The molecule has 3 rings (SSSR count). The minimum absolute atomic E-state index is 0.367. The summed E-state index contributed by atoms with van der Waals surface area (Å²) in [7, 11) is 0. The van der Waals surface area contributed by atoms with Crippen LogP contribution in [-0.2, 0) is 5.41 Å². The zero-order chi connectivity index (χ0) is 9.27. The van der Waals surface area contributed by atoms with Gasteiger partial charge in [-0.2, -0.15) is 0 Å². The van der Waals surface area contributed by atoms with Crippen LogP contribution in [0.2, 0.25) is 0 Å². The number of rotatable bonds is 1. The van der Waals surface area contributed by atoms with Crippen LogP contribution in [0.1, 0.15) is 25.8 Å².